The molecule has 4 fully saturated rings. The van der Waals surface area contributed by atoms with E-state index in [1.807, 2.05) is 12.1 Å². The zero-order chi connectivity index (χ0) is 36.8. The minimum Gasteiger partial charge on any atom is -0.724 e. The van der Waals surface area contributed by atoms with E-state index >= 15 is 0 Å². The van der Waals surface area contributed by atoms with Crippen LogP contribution in [-0.4, -0.2) is 126 Å². The molecule has 4 aliphatic heterocycles. The SMILES string of the molecule is CCCC[N+](CCCC)(CCCC)CCCC.N#C[C@@H]1CC[C@H]2CN1C(=O)N2OS(=O)(=O)[O-].N#C[C@@H]1CC[C@H]2CN1C(=O)N2OS(=O)(=O)[O-].[Na+]. The smallest absolute Gasteiger partial charge is 0.724 e. The van der Waals surface area contributed by atoms with Crippen LogP contribution in [0.3, 0.4) is 0 Å². The van der Waals surface area contributed by atoms with Crippen LogP contribution in [0.4, 0.5) is 9.59 Å². The molecule has 20 heteroatoms. The fraction of sp³-hybridized carbons (Fsp3) is 0.867. The van der Waals surface area contributed by atoms with Crippen molar-refractivity contribution in [3.63, 3.8) is 0 Å². The summed E-state index contributed by atoms with van der Waals surface area (Å²) in [6.45, 7) is 15.4. The molecule has 0 spiro atoms. The number of carbonyl (C=O) groups excluding carboxylic acids is 2. The average molecular weight is 758 g/mol. The number of carbonyl (C=O) groups is 2. The number of nitriles is 2. The van der Waals surface area contributed by atoms with Gasteiger partial charge in [0.15, 0.2) is 0 Å². The molecule has 4 bridgehead atoms. The molecular formula is C30H52N7NaO10S2. The second-order valence-corrected chi connectivity index (χ2v) is 14.8. The molecule has 0 aromatic carbocycles. The Morgan fingerprint density at radius 2 is 0.960 bits per heavy atom. The summed E-state index contributed by atoms with van der Waals surface area (Å²) in [5.41, 5.74) is 0. The molecule has 4 heterocycles. The quantitative estimate of drug-likeness (QED) is 0.0900. The number of fused-ring (bicyclic) bond motifs is 4. The van der Waals surface area contributed by atoms with Gasteiger partial charge < -0.3 is 23.4 Å². The van der Waals surface area contributed by atoms with Crippen LogP contribution in [0.1, 0.15) is 105 Å². The number of hydroxylamine groups is 4. The topological polar surface area (TPSA) is 228 Å². The van der Waals surface area contributed by atoms with Crippen molar-refractivity contribution in [2.45, 2.75) is 129 Å². The van der Waals surface area contributed by atoms with Crippen molar-refractivity contribution in [3.05, 3.63) is 0 Å². The summed E-state index contributed by atoms with van der Waals surface area (Å²) in [6, 6.07) is 0.300. The normalized spacial score (nSPS) is 22.9. The van der Waals surface area contributed by atoms with E-state index in [0.29, 0.717) is 35.8 Å². The molecule has 4 atom stereocenters. The Morgan fingerprint density at radius 3 is 1.20 bits per heavy atom. The van der Waals surface area contributed by atoms with E-state index in [4.69, 9.17) is 10.5 Å². The van der Waals surface area contributed by atoms with Crippen LogP contribution in [0.5, 0.6) is 0 Å². The fourth-order valence-electron chi connectivity index (χ4n) is 6.57. The largest absolute Gasteiger partial charge is 1.00 e. The van der Waals surface area contributed by atoms with Gasteiger partial charge in [0.25, 0.3) is 0 Å². The van der Waals surface area contributed by atoms with Gasteiger partial charge in [0, 0.05) is 13.1 Å². The van der Waals surface area contributed by atoms with Gasteiger partial charge in [0.05, 0.1) is 50.4 Å². The van der Waals surface area contributed by atoms with E-state index in [9.17, 15) is 35.5 Å². The number of rotatable bonds is 16. The van der Waals surface area contributed by atoms with E-state index in [1.165, 1.54) is 91.8 Å². The average Bonchev–Trinajstić information content (AvgIpc) is 3.43. The third-order valence-corrected chi connectivity index (χ3v) is 9.92. The van der Waals surface area contributed by atoms with E-state index in [-0.39, 0.29) is 42.6 Å². The summed E-state index contributed by atoms with van der Waals surface area (Å²) in [5.74, 6) is 0. The van der Waals surface area contributed by atoms with Crippen molar-refractivity contribution in [1.29, 1.82) is 10.5 Å². The third-order valence-electron chi connectivity index (χ3n) is 9.23. The van der Waals surface area contributed by atoms with Crippen molar-refractivity contribution in [1.82, 2.24) is 19.9 Å². The summed E-state index contributed by atoms with van der Waals surface area (Å²) in [7, 11) is -9.92. The molecule has 50 heavy (non-hydrogen) atoms. The first-order valence-corrected chi connectivity index (χ1v) is 19.9. The van der Waals surface area contributed by atoms with Crippen LogP contribution < -0.4 is 29.6 Å². The van der Waals surface area contributed by atoms with Crippen molar-refractivity contribution < 1.29 is 78.1 Å². The van der Waals surface area contributed by atoms with Crippen LogP contribution in [0.15, 0.2) is 0 Å². The Bertz CT molecular complexity index is 1270. The number of hydrogen-bond donors (Lipinski definition) is 0. The molecule has 0 aromatic rings. The standard InChI is InChI=1S/C16H36N.2C7H9N3O5S.Na/c1-5-9-13-17(14-10-6-2,15-11-7-3)16-12-8-4;2*8-3-5-1-2-6-4-9(5)7(11)10(6)15-16(12,13)14;/h5-16H2,1-4H3;2*5-6H,1-2,4H2,(H,12,13,14);/q+1;;;+1/p-2/t;2*5-,6-;/m.00./s1. The van der Waals surface area contributed by atoms with Gasteiger partial charge in [-0.1, -0.05) is 53.4 Å². The van der Waals surface area contributed by atoms with Gasteiger partial charge in [0.1, 0.15) is 12.1 Å². The third kappa shape index (κ3) is 14.0. The molecule has 0 unspecified atom stereocenters. The molecule has 17 nitrogen and oxygen atoms in total. The predicted molar refractivity (Wildman–Crippen MR) is 174 cm³/mol. The van der Waals surface area contributed by atoms with E-state index in [1.54, 1.807) is 0 Å². The van der Waals surface area contributed by atoms with Gasteiger partial charge in [-0.2, -0.15) is 29.2 Å². The zero-order valence-electron chi connectivity index (χ0n) is 30.1. The molecule has 4 saturated heterocycles. The summed E-state index contributed by atoms with van der Waals surface area (Å²) in [6.07, 6.45) is 12.8. The van der Waals surface area contributed by atoms with Gasteiger partial charge in [-0.15, -0.1) is 0 Å². The maximum atomic E-state index is 11.6. The molecule has 4 rings (SSSR count). The predicted octanol–water partition coefficient (Wildman–Crippen LogP) is 0.348. The van der Waals surface area contributed by atoms with Crippen LogP contribution in [0.25, 0.3) is 0 Å². The summed E-state index contributed by atoms with van der Waals surface area (Å²) >= 11 is 0. The summed E-state index contributed by atoms with van der Waals surface area (Å²) < 4.78 is 72.1. The fourth-order valence-corrected chi connectivity index (χ4v) is 7.33. The Hall–Kier alpha value is -1.78. The number of hydrogen-bond acceptors (Lipinski definition) is 12. The first-order chi connectivity index (χ1) is 23.1. The molecule has 4 amide bonds. The van der Waals surface area contributed by atoms with Crippen LogP contribution in [0.2, 0.25) is 0 Å². The minimum absolute atomic E-state index is 0. The first-order valence-electron chi connectivity index (χ1n) is 17.2. The molecule has 4 aliphatic rings. The summed E-state index contributed by atoms with van der Waals surface area (Å²) in [5, 5.41) is 18.6. The maximum Gasteiger partial charge on any atom is 1.00 e. The van der Waals surface area contributed by atoms with E-state index in [0.717, 1.165) is 0 Å². The van der Waals surface area contributed by atoms with E-state index in [2.05, 4.69) is 36.3 Å². The van der Waals surface area contributed by atoms with Gasteiger partial charge in [0.2, 0.25) is 20.8 Å². The summed E-state index contributed by atoms with van der Waals surface area (Å²) in [4.78, 5) is 25.6. The maximum absolute atomic E-state index is 11.6. The van der Waals surface area contributed by atoms with Gasteiger partial charge >= 0.3 is 41.6 Å². The number of amides is 4. The Kier molecular flexibility index (Phi) is 20.0. The number of unbranched alkanes of at least 4 members (excludes halogenated alkanes) is 4. The molecule has 0 N–H and O–H groups in total. The minimum atomic E-state index is -4.96. The number of piperidine rings is 2. The number of urea groups is 2. The van der Waals surface area contributed by atoms with Crippen molar-refractivity contribution in [2.24, 2.45) is 0 Å². The molecule has 0 aromatic heterocycles. The zero-order valence-corrected chi connectivity index (χ0v) is 33.7. The van der Waals surface area contributed by atoms with Gasteiger partial charge in [-0.3, -0.25) is 0 Å². The second kappa shape index (κ2) is 21.7. The van der Waals surface area contributed by atoms with Crippen LogP contribution >= 0.6 is 0 Å². The molecular weight excluding hydrogens is 705 g/mol. The Labute approximate surface area is 320 Å². The number of nitrogens with zero attached hydrogens (tertiary/aromatic N) is 7. The van der Waals surface area contributed by atoms with E-state index < -0.39 is 57.0 Å². The van der Waals surface area contributed by atoms with Crippen molar-refractivity contribution in [2.75, 3.05) is 39.3 Å². The van der Waals surface area contributed by atoms with Crippen molar-refractivity contribution >= 4 is 32.9 Å². The van der Waals surface area contributed by atoms with Crippen LogP contribution in [-0.2, 0) is 29.4 Å². The molecule has 0 aliphatic carbocycles. The van der Waals surface area contributed by atoms with Gasteiger partial charge in [-0.05, 0) is 51.4 Å². The number of quaternary nitrogens is 1. The molecule has 0 radical (unpaired) electrons. The monoisotopic (exact) mass is 757 g/mol. The molecule has 0 saturated carbocycles. The Morgan fingerprint density at radius 1 is 0.660 bits per heavy atom. The first kappa shape index (κ1) is 46.2. The molecule has 280 valence electrons. The second-order valence-electron chi connectivity index (χ2n) is 12.9. The van der Waals surface area contributed by atoms with Crippen LogP contribution in [0, 0.1) is 22.7 Å². The Balaban J connectivity index is 0.000000371. The van der Waals surface area contributed by atoms with Gasteiger partial charge in [-0.25, -0.2) is 26.4 Å². The van der Waals surface area contributed by atoms with Crippen molar-refractivity contribution in [3.8, 4) is 12.1 Å².